The Morgan fingerprint density at radius 2 is 2.32 bits per heavy atom. The van der Waals surface area contributed by atoms with Gasteiger partial charge in [0.1, 0.15) is 0 Å². The number of amides is 1. The van der Waals surface area contributed by atoms with Crippen molar-refractivity contribution in [3.05, 3.63) is 36.2 Å². The summed E-state index contributed by atoms with van der Waals surface area (Å²) in [7, 11) is 1.55. The van der Waals surface area contributed by atoms with Crippen LogP contribution in [-0.4, -0.2) is 42.1 Å². The number of ether oxygens (including phenoxy) is 3. The zero-order chi connectivity index (χ0) is 17.6. The maximum Gasteiger partial charge on any atom is 0.255 e. The van der Waals surface area contributed by atoms with E-state index >= 15 is 0 Å². The van der Waals surface area contributed by atoms with E-state index in [1.165, 1.54) is 0 Å². The van der Waals surface area contributed by atoms with Gasteiger partial charge in [0.05, 0.1) is 38.2 Å². The van der Waals surface area contributed by atoms with E-state index in [0.29, 0.717) is 35.9 Å². The molecule has 1 atom stereocenters. The molecule has 1 aromatic heterocycles. The molecule has 1 saturated heterocycles. The van der Waals surface area contributed by atoms with Crippen molar-refractivity contribution in [3.8, 4) is 11.5 Å². The molecule has 7 nitrogen and oxygen atoms in total. The summed E-state index contributed by atoms with van der Waals surface area (Å²) < 4.78 is 18.1. The van der Waals surface area contributed by atoms with E-state index in [4.69, 9.17) is 14.2 Å². The molecule has 1 aliphatic rings. The summed E-state index contributed by atoms with van der Waals surface area (Å²) in [5.74, 6) is 0.924. The molecule has 1 N–H and O–H groups in total. The van der Waals surface area contributed by atoms with Crippen LogP contribution in [0.1, 0.15) is 30.1 Å². The van der Waals surface area contributed by atoms with Crippen molar-refractivity contribution in [2.75, 3.05) is 25.6 Å². The summed E-state index contributed by atoms with van der Waals surface area (Å²) >= 11 is 0. The molecule has 1 aliphatic heterocycles. The minimum absolute atomic E-state index is 0.207. The van der Waals surface area contributed by atoms with Gasteiger partial charge in [0.2, 0.25) is 0 Å². The van der Waals surface area contributed by atoms with E-state index < -0.39 is 0 Å². The molecular formula is C18H23N3O4. The molecule has 3 rings (SSSR count). The highest BCUT2D eigenvalue weighted by molar-refractivity contribution is 6.04. The lowest BCUT2D eigenvalue weighted by Gasteiger charge is -2.11. The normalized spacial score (nSPS) is 16.6. The van der Waals surface area contributed by atoms with Crippen LogP contribution in [-0.2, 0) is 11.3 Å². The van der Waals surface area contributed by atoms with Crippen molar-refractivity contribution in [3.63, 3.8) is 0 Å². The summed E-state index contributed by atoms with van der Waals surface area (Å²) in [5, 5.41) is 7.12. The lowest BCUT2D eigenvalue weighted by Crippen LogP contribution is -2.15. The summed E-state index contributed by atoms with van der Waals surface area (Å²) in [6.07, 6.45) is 5.80. The molecule has 0 unspecified atom stereocenters. The summed E-state index contributed by atoms with van der Waals surface area (Å²) in [5.41, 5.74) is 1.14. The van der Waals surface area contributed by atoms with E-state index in [1.807, 2.05) is 13.1 Å². The third-order valence-corrected chi connectivity index (χ3v) is 4.03. The first-order chi connectivity index (χ1) is 12.2. The van der Waals surface area contributed by atoms with E-state index in [2.05, 4.69) is 10.4 Å². The topological polar surface area (TPSA) is 74.6 Å². The maximum absolute atomic E-state index is 12.4. The summed E-state index contributed by atoms with van der Waals surface area (Å²) in [4.78, 5) is 12.4. The van der Waals surface area contributed by atoms with Gasteiger partial charge in [-0.3, -0.25) is 9.48 Å². The average Bonchev–Trinajstić information content (AvgIpc) is 3.28. The van der Waals surface area contributed by atoms with Gasteiger partial charge < -0.3 is 19.5 Å². The Kier molecular flexibility index (Phi) is 5.55. The second kappa shape index (κ2) is 8.02. The fourth-order valence-corrected chi connectivity index (χ4v) is 2.81. The van der Waals surface area contributed by atoms with Gasteiger partial charge in [0, 0.05) is 18.4 Å². The highest BCUT2D eigenvalue weighted by atomic mass is 16.5. The molecule has 1 fully saturated rings. The SMILES string of the molecule is CCOc1ccc(C(=O)Nc2cnn(C[C@@H]3CCCO3)c2)cc1OC. The number of nitrogens with zero attached hydrogens (tertiary/aromatic N) is 2. The van der Waals surface area contributed by atoms with E-state index in [9.17, 15) is 4.79 Å². The second-order valence-electron chi connectivity index (χ2n) is 5.84. The minimum atomic E-state index is -0.224. The zero-order valence-corrected chi connectivity index (χ0v) is 14.5. The van der Waals surface area contributed by atoms with Gasteiger partial charge in [-0.25, -0.2) is 0 Å². The van der Waals surface area contributed by atoms with E-state index in [-0.39, 0.29) is 12.0 Å². The third kappa shape index (κ3) is 4.30. The maximum atomic E-state index is 12.4. The molecule has 2 heterocycles. The monoisotopic (exact) mass is 345 g/mol. The number of hydrogen-bond acceptors (Lipinski definition) is 5. The Balaban J connectivity index is 1.64. The molecule has 0 spiro atoms. The van der Waals surface area contributed by atoms with Crippen molar-refractivity contribution in [2.45, 2.75) is 32.4 Å². The summed E-state index contributed by atoms with van der Waals surface area (Å²) in [6.45, 7) is 3.95. The lowest BCUT2D eigenvalue weighted by atomic mass is 10.2. The standard InChI is InChI=1S/C18H23N3O4/c1-3-24-16-7-6-13(9-17(16)23-2)18(22)20-14-10-19-21(11-14)12-15-5-4-8-25-15/h6-7,9-11,15H,3-5,8,12H2,1-2H3,(H,20,22)/t15-/m0/s1. The Hall–Kier alpha value is -2.54. The van der Waals surface area contributed by atoms with Crippen molar-refractivity contribution in [2.24, 2.45) is 0 Å². The number of carbonyl (C=O) groups is 1. The molecule has 0 bridgehead atoms. The van der Waals surface area contributed by atoms with Gasteiger partial charge in [-0.1, -0.05) is 0 Å². The number of benzene rings is 1. The fourth-order valence-electron chi connectivity index (χ4n) is 2.81. The molecule has 7 heteroatoms. The fraction of sp³-hybridized carbons (Fsp3) is 0.444. The van der Waals surface area contributed by atoms with Crippen LogP contribution in [0, 0.1) is 0 Å². The van der Waals surface area contributed by atoms with E-state index in [1.54, 1.807) is 36.2 Å². The predicted molar refractivity (Wildman–Crippen MR) is 93.3 cm³/mol. The number of rotatable bonds is 7. The van der Waals surface area contributed by atoms with Gasteiger partial charge in [-0.15, -0.1) is 0 Å². The first-order valence-electron chi connectivity index (χ1n) is 8.46. The molecule has 25 heavy (non-hydrogen) atoms. The van der Waals surface area contributed by atoms with Gasteiger partial charge >= 0.3 is 0 Å². The molecule has 0 saturated carbocycles. The largest absolute Gasteiger partial charge is 0.493 e. The Morgan fingerprint density at radius 3 is 3.04 bits per heavy atom. The number of anilines is 1. The minimum Gasteiger partial charge on any atom is -0.493 e. The van der Waals surface area contributed by atoms with E-state index in [0.717, 1.165) is 19.4 Å². The van der Waals surface area contributed by atoms with Crippen LogP contribution in [0.3, 0.4) is 0 Å². The van der Waals surface area contributed by atoms with Crippen LogP contribution in [0.5, 0.6) is 11.5 Å². The van der Waals surface area contributed by atoms with Crippen LogP contribution < -0.4 is 14.8 Å². The molecule has 1 aromatic carbocycles. The number of methoxy groups -OCH3 is 1. The number of aromatic nitrogens is 2. The quantitative estimate of drug-likeness (QED) is 0.835. The first-order valence-corrected chi connectivity index (χ1v) is 8.46. The second-order valence-corrected chi connectivity index (χ2v) is 5.84. The number of nitrogens with one attached hydrogen (secondary N) is 1. The Bertz CT molecular complexity index is 723. The lowest BCUT2D eigenvalue weighted by molar-refractivity contribution is 0.0940. The van der Waals surface area contributed by atoms with Gasteiger partial charge in [0.25, 0.3) is 5.91 Å². The van der Waals surface area contributed by atoms with Crippen LogP contribution >= 0.6 is 0 Å². The molecule has 2 aromatic rings. The van der Waals surface area contributed by atoms with Crippen molar-refractivity contribution in [1.82, 2.24) is 9.78 Å². The number of hydrogen-bond donors (Lipinski definition) is 1. The van der Waals surface area contributed by atoms with Crippen LogP contribution in [0.2, 0.25) is 0 Å². The van der Waals surface area contributed by atoms with Crippen LogP contribution in [0.4, 0.5) is 5.69 Å². The Labute approximate surface area is 146 Å². The van der Waals surface area contributed by atoms with Crippen molar-refractivity contribution < 1.29 is 19.0 Å². The third-order valence-electron chi connectivity index (χ3n) is 4.03. The van der Waals surface area contributed by atoms with Crippen LogP contribution in [0.25, 0.3) is 0 Å². The molecule has 0 radical (unpaired) electrons. The zero-order valence-electron chi connectivity index (χ0n) is 14.5. The molecular weight excluding hydrogens is 322 g/mol. The molecule has 0 aliphatic carbocycles. The molecule has 1 amide bonds. The van der Waals surface area contributed by atoms with Gasteiger partial charge in [0.15, 0.2) is 11.5 Å². The van der Waals surface area contributed by atoms with Crippen LogP contribution in [0.15, 0.2) is 30.6 Å². The van der Waals surface area contributed by atoms with Crippen molar-refractivity contribution in [1.29, 1.82) is 0 Å². The van der Waals surface area contributed by atoms with Crippen molar-refractivity contribution >= 4 is 11.6 Å². The highest BCUT2D eigenvalue weighted by Gasteiger charge is 2.17. The predicted octanol–water partition coefficient (Wildman–Crippen LogP) is 2.72. The summed E-state index contributed by atoms with van der Waals surface area (Å²) in [6, 6.07) is 5.11. The molecule has 134 valence electrons. The van der Waals surface area contributed by atoms with Gasteiger partial charge in [-0.2, -0.15) is 5.10 Å². The smallest absolute Gasteiger partial charge is 0.255 e. The average molecular weight is 345 g/mol. The Morgan fingerprint density at radius 1 is 1.44 bits per heavy atom. The first kappa shape index (κ1) is 17.3. The van der Waals surface area contributed by atoms with Gasteiger partial charge in [-0.05, 0) is 38.0 Å². The highest BCUT2D eigenvalue weighted by Crippen LogP contribution is 2.28. The number of carbonyl (C=O) groups excluding carboxylic acids is 1.